The zero-order valence-electron chi connectivity index (χ0n) is 17.7. The number of carboxylic acids is 1. The number of para-hydroxylation sites is 1. The molecule has 1 aliphatic heterocycles. The topological polar surface area (TPSA) is 62.2 Å². The van der Waals surface area contributed by atoms with Gasteiger partial charge in [0.05, 0.1) is 0 Å². The quantitative estimate of drug-likeness (QED) is 0.612. The number of aryl methyl sites for hydroxylation is 2. The molecule has 0 aliphatic carbocycles. The summed E-state index contributed by atoms with van der Waals surface area (Å²) < 4.78 is 11.8. The molecule has 0 aromatic heterocycles. The second-order valence-electron chi connectivity index (χ2n) is 7.83. The van der Waals surface area contributed by atoms with E-state index in [4.69, 9.17) is 14.6 Å². The highest BCUT2D eigenvalue weighted by atomic mass is 16.5. The minimum Gasteiger partial charge on any atom is -0.491 e. The number of ether oxygens (including phenoxy) is 2. The Balaban J connectivity index is 1.57. The molecule has 3 rings (SSSR count). The summed E-state index contributed by atoms with van der Waals surface area (Å²) in [5, 5.41) is 9.02. The number of hydrogen-bond donors (Lipinski definition) is 1. The van der Waals surface area contributed by atoms with Gasteiger partial charge in [0.25, 0.3) is 0 Å². The molecule has 0 bridgehead atoms. The van der Waals surface area contributed by atoms with Gasteiger partial charge in [0.1, 0.15) is 25.1 Å². The molecule has 1 heterocycles. The number of benzene rings is 2. The molecule has 1 saturated heterocycles. The molecule has 6 heteroatoms. The highest BCUT2D eigenvalue weighted by molar-refractivity contribution is 5.68. The molecular weight excluding hydrogens is 380 g/mol. The molecule has 30 heavy (non-hydrogen) atoms. The van der Waals surface area contributed by atoms with Crippen LogP contribution in [0.2, 0.25) is 0 Å². The van der Waals surface area contributed by atoms with Gasteiger partial charge in [-0.25, -0.2) is 4.79 Å². The van der Waals surface area contributed by atoms with Crippen molar-refractivity contribution in [3.8, 4) is 5.75 Å². The Hall–Kier alpha value is -2.41. The Morgan fingerprint density at radius 2 is 1.70 bits per heavy atom. The zero-order chi connectivity index (χ0) is 21.2. The van der Waals surface area contributed by atoms with E-state index in [0.717, 1.165) is 50.3 Å². The number of carboxylic acid groups (broad SMARTS) is 1. The van der Waals surface area contributed by atoms with Gasteiger partial charge in [-0.2, -0.15) is 0 Å². The number of rotatable bonds is 11. The maximum Gasteiger partial charge on any atom is 0.329 e. The number of carbonyl (C=O) groups is 1. The van der Waals surface area contributed by atoms with Crippen LogP contribution >= 0.6 is 0 Å². The monoisotopic (exact) mass is 412 g/mol. The lowest BCUT2D eigenvalue weighted by atomic mass is 10.0. The molecule has 2 aromatic carbocycles. The maximum absolute atomic E-state index is 11.0. The third-order valence-electron chi connectivity index (χ3n) is 5.42. The van der Waals surface area contributed by atoms with Crippen molar-refractivity contribution in [1.29, 1.82) is 0 Å². The molecule has 0 saturated carbocycles. The Morgan fingerprint density at radius 1 is 1.00 bits per heavy atom. The third kappa shape index (κ3) is 7.44. The smallest absolute Gasteiger partial charge is 0.329 e. The predicted molar refractivity (Wildman–Crippen MR) is 117 cm³/mol. The van der Waals surface area contributed by atoms with Gasteiger partial charge < -0.3 is 19.5 Å². The van der Waals surface area contributed by atoms with Crippen LogP contribution in [0.3, 0.4) is 0 Å². The van der Waals surface area contributed by atoms with Crippen molar-refractivity contribution in [2.75, 3.05) is 53.0 Å². The highest BCUT2D eigenvalue weighted by Gasteiger charge is 2.20. The van der Waals surface area contributed by atoms with Crippen LogP contribution in [0.4, 0.5) is 0 Å². The van der Waals surface area contributed by atoms with Gasteiger partial charge in [0, 0.05) is 32.7 Å². The van der Waals surface area contributed by atoms with Gasteiger partial charge in [-0.15, -0.1) is 0 Å². The summed E-state index contributed by atoms with van der Waals surface area (Å²) in [6, 6.07) is 18.5. The molecule has 0 spiro atoms. The van der Waals surface area contributed by atoms with Crippen LogP contribution in [-0.4, -0.2) is 80.0 Å². The van der Waals surface area contributed by atoms with E-state index < -0.39 is 5.97 Å². The van der Waals surface area contributed by atoms with Crippen molar-refractivity contribution < 1.29 is 19.4 Å². The zero-order valence-corrected chi connectivity index (χ0v) is 17.7. The van der Waals surface area contributed by atoms with E-state index in [1.54, 1.807) is 0 Å². The number of likely N-dealkylation sites (N-methyl/N-ethyl adjacent to an activating group) is 1. The second kappa shape index (κ2) is 11.7. The van der Waals surface area contributed by atoms with Crippen molar-refractivity contribution in [3.63, 3.8) is 0 Å². The molecule has 2 aromatic rings. The average Bonchev–Trinajstić information content (AvgIpc) is 2.77. The molecule has 0 amide bonds. The first kappa shape index (κ1) is 22.3. The van der Waals surface area contributed by atoms with Crippen LogP contribution in [-0.2, 0) is 22.4 Å². The fraction of sp³-hybridized carbons (Fsp3) is 0.458. The summed E-state index contributed by atoms with van der Waals surface area (Å²) in [5.41, 5.74) is 2.45. The number of hydrogen-bond acceptors (Lipinski definition) is 5. The number of piperazine rings is 1. The van der Waals surface area contributed by atoms with Gasteiger partial charge in [-0.05, 0) is 37.1 Å². The van der Waals surface area contributed by atoms with Gasteiger partial charge >= 0.3 is 5.97 Å². The van der Waals surface area contributed by atoms with Gasteiger partial charge in [-0.1, -0.05) is 48.5 Å². The Bertz CT molecular complexity index is 776. The van der Waals surface area contributed by atoms with E-state index >= 15 is 0 Å². The molecule has 0 radical (unpaired) electrons. The van der Waals surface area contributed by atoms with Gasteiger partial charge in [0.2, 0.25) is 0 Å². The normalized spacial score (nSPS) is 16.3. The Kier molecular flexibility index (Phi) is 8.68. The fourth-order valence-electron chi connectivity index (χ4n) is 3.62. The van der Waals surface area contributed by atoms with Crippen molar-refractivity contribution in [2.45, 2.75) is 18.9 Å². The lowest BCUT2D eigenvalue weighted by molar-refractivity contribution is -0.145. The molecule has 6 nitrogen and oxygen atoms in total. The SMILES string of the molecule is CN1CCN(CC(COc2ccccc2CCc2ccccc2)OCC(=O)O)CC1. The summed E-state index contributed by atoms with van der Waals surface area (Å²) in [6.07, 6.45) is 1.55. The minimum atomic E-state index is -0.957. The largest absolute Gasteiger partial charge is 0.491 e. The first-order valence-electron chi connectivity index (χ1n) is 10.6. The van der Waals surface area contributed by atoms with Crippen LogP contribution in [0.25, 0.3) is 0 Å². The predicted octanol–water partition coefficient (Wildman–Crippen LogP) is 2.57. The van der Waals surface area contributed by atoms with E-state index in [2.05, 4.69) is 47.2 Å². The molecule has 1 aliphatic rings. The molecular formula is C24H32N2O4. The molecule has 1 unspecified atom stereocenters. The highest BCUT2D eigenvalue weighted by Crippen LogP contribution is 2.21. The van der Waals surface area contributed by atoms with Gasteiger partial charge in [-0.3, -0.25) is 4.90 Å². The van der Waals surface area contributed by atoms with Crippen LogP contribution in [0.5, 0.6) is 5.75 Å². The first-order chi connectivity index (χ1) is 14.6. The molecule has 162 valence electrons. The van der Waals surface area contributed by atoms with Crippen LogP contribution in [0, 0.1) is 0 Å². The lowest BCUT2D eigenvalue weighted by Crippen LogP contribution is -2.48. The summed E-state index contributed by atoms with van der Waals surface area (Å²) in [5.74, 6) is -0.114. The van der Waals surface area contributed by atoms with Crippen LogP contribution in [0.1, 0.15) is 11.1 Å². The Labute approximate surface area is 179 Å². The Morgan fingerprint density at radius 3 is 2.43 bits per heavy atom. The van der Waals surface area contributed by atoms with E-state index in [1.165, 1.54) is 5.56 Å². The van der Waals surface area contributed by atoms with E-state index in [0.29, 0.717) is 13.2 Å². The second-order valence-corrected chi connectivity index (χ2v) is 7.83. The molecule has 1 atom stereocenters. The fourth-order valence-corrected chi connectivity index (χ4v) is 3.62. The van der Waals surface area contributed by atoms with Gasteiger partial charge in [0.15, 0.2) is 0 Å². The summed E-state index contributed by atoms with van der Waals surface area (Å²) in [6.45, 7) is 4.63. The van der Waals surface area contributed by atoms with E-state index in [9.17, 15) is 4.79 Å². The van der Waals surface area contributed by atoms with Crippen LogP contribution < -0.4 is 4.74 Å². The molecule has 1 N–H and O–H groups in total. The van der Waals surface area contributed by atoms with Crippen molar-refractivity contribution in [2.24, 2.45) is 0 Å². The number of nitrogens with zero attached hydrogens (tertiary/aromatic N) is 2. The van der Waals surface area contributed by atoms with Crippen molar-refractivity contribution >= 4 is 5.97 Å². The lowest BCUT2D eigenvalue weighted by Gasteiger charge is -2.34. The van der Waals surface area contributed by atoms with E-state index in [-0.39, 0.29) is 12.7 Å². The first-order valence-corrected chi connectivity index (χ1v) is 10.6. The standard InChI is InChI=1S/C24H32N2O4/c1-25-13-15-26(16-14-25)17-22(29-19-24(27)28)18-30-23-10-6-5-9-21(23)12-11-20-7-3-2-4-8-20/h2-10,22H,11-19H2,1H3,(H,27,28). The maximum atomic E-state index is 11.0. The summed E-state index contributed by atoms with van der Waals surface area (Å²) in [4.78, 5) is 15.6. The third-order valence-corrected chi connectivity index (χ3v) is 5.42. The van der Waals surface area contributed by atoms with E-state index in [1.807, 2.05) is 24.3 Å². The summed E-state index contributed by atoms with van der Waals surface area (Å²) >= 11 is 0. The minimum absolute atomic E-state index is 0.285. The number of aliphatic carboxylic acids is 1. The average molecular weight is 413 g/mol. The molecule has 1 fully saturated rings. The van der Waals surface area contributed by atoms with Crippen LogP contribution in [0.15, 0.2) is 54.6 Å². The van der Waals surface area contributed by atoms with Crippen molar-refractivity contribution in [1.82, 2.24) is 9.80 Å². The van der Waals surface area contributed by atoms with Crippen molar-refractivity contribution in [3.05, 3.63) is 65.7 Å². The summed E-state index contributed by atoms with van der Waals surface area (Å²) in [7, 11) is 2.12.